The number of esters is 1. The van der Waals surface area contributed by atoms with Crippen LogP contribution in [0.2, 0.25) is 5.02 Å². The molecule has 1 heterocycles. The summed E-state index contributed by atoms with van der Waals surface area (Å²) in [5, 5.41) is 0.583. The van der Waals surface area contributed by atoms with E-state index in [1.807, 2.05) is 6.07 Å². The average molecular weight is 344 g/mol. The van der Waals surface area contributed by atoms with Crippen LogP contribution < -0.4 is 9.47 Å². The number of halogens is 1. The molecule has 1 aliphatic heterocycles. The third kappa shape index (κ3) is 3.26. The largest absolute Gasteiger partial charge is 0.493 e. The van der Waals surface area contributed by atoms with Crippen molar-refractivity contribution in [2.24, 2.45) is 4.99 Å². The highest BCUT2D eigenvalue weighted by atomic mass is 35.5. The fourth-order valence-electron chi connectivity index (χ4n) is 2.26. The maximum Gasteiger partial charge on any atom is 0.363 e. The molecule has 24 heavy (non-hydrogen) atoms. The summed E-state index contributed by atoms with van der Waals surface area (Å²) in [5.41, 5.74) is 1.60. The molecule has 0 aromatic heterocycles. The van der Waals surface area contributed by atoms with E-state index in [1.54, 1.807) is 49.6 Å². The van der Waals surface area contributed by atoms with Gasteiger partial charge < -0.3 is 14.2 Å². The smallest absolute Gasteiger partial charge is 0.363 e. The van der Waals surface area contributed by atoms with Gasteiger partial charge in [-0.3, -0.25) is 0 Å². The van der Waals surface area contributed by atoms with Gasteiger partial charge in [0.05, 0.1) is 14.2 Å². The SMILES string of the molecule is COc1ccc(C2=N/C(=C\c3cccc(Cl)c3)C(=O)O2)cc1OC. The first-order valence-electron chi connectivity index (χ1n) is 7.11. The fraction of sp³-hybridized carbons (Fsp3) is 0.111. The zero-order valence-electron chi connectivity index (χ0n) is 13.1. The van der Waals surface area contributed by atoms with Gasteiger partial charge in [-0.1, -0.05) is 23.7 Å². The maximum atomic E-state index is 12.0. The molecule has 0 N–H and O–H groups in total. The van der Waals surface area contributed by atoms with E-state index in [1.165, 1.54) is 7.11 Å². The Bertz CT molecular complexity index is 858. The number of hydrogen-bond donors (Lipinski definition) is 0. The number of nitrogens with zero attached hydrogens (tertiary/aromatic N) is 1. The first kappa shape index (κ1) is 16.1. The highest BCUT2D eigenvalue weighted by Crippen LogP contribution is 2.29. The molecule has 0 atom stereocenters. The van der Waals surface area contributed by atoms with E-state index in [-0.39, 0.29) is 11.6 Å². The lowest BCUT2D eigenvalue weighted by molar-refractivity contribution is -0.129. The number of cyclic esters (lactones) is 1. The predicted molar refractivity (Wildman–Crippen MR) is 91.6 cm³/mol. The van der Waals surface area contributed by atoms with Crippen molar-refractivity contribution in [2.75, 3.05) is 14.2 Å². The summed E-state index contributed by atoms with van der Waals surface area (Å²) in [7, 11) is 3.09. The van der Waals surface area contributed by atoms with Crippen molar-refractivity contribution in [1.29, 1.82) is 0 Å². The Balaban J connectivity index is 1.94. The summed E-state index contributed by atoms with van der Waals surface area (Å²) >= 11 is 5.95. The van der Waals surface area contributed by atoms with Crippen molar-refractivity contribution < 1.29 is 19.0 Å². The molecule has 0 fully saturated rings. The Morgan fingerprint density at radius 3 is 2.58 bits per heavy atom. The molecule has 0 bridgehead atoms. The molecule has 2 aromatic rings. The van der Waals surface area contributed by atoms with Crippen molar-refractivity contribution in [3.05, 3.63) is 64.3 Å². The molecule has 3 rings (SSSR count). The van der Waals surface area contributed by atoms with E-state index in [4.69, 9.17) is 25.8 Å². The minimum Gasteiger partial charge on any atom is -0.493 e. The molecular weight excluding hydrogens is 330 g/mol. The van der Waals surface area contributed by atoms with Crippen molar-refractivity contribution in [2.45, 2.75) is 0 Å². The van der Waals surface area contributed by atoms with Gasteiger partial charge in [-0.05, 0) is 42.0 Å². The summed E-state index contributed by atoms with van der Waals surface area (Å²) in [6.45, 7) is 0. The van der Waals surface area contributed by atoms with E-state index in [2.05, 4.69) is 4.99 Å². The molecule has 2 aromatic carbocycles. The van der Waals surface area contributed by atoms with Gasteiger partial charge in [0.1, 0.15) is 0 Å². The zero-order valence-corrected chi connectivity index (χ0v) is 13.8. The topological polar surface area (TPSA) is 57.1 Å². The quantitative estimate of drug-likeness (QED) is 0.627. The second-order valence-electron chi connectivity index (χ2n) is 4.96. The van der Waals surface area contributed by atoms with Gasteiger partial charge in [0.25, 0.3) is 0 Å². The first-order chi connectivity index (χ1) is 11.6. The van der Waals surface area contributed by atoms with E-state index in [9.17, 15) is 4.79 Å². The Kier molecular flexibility index (Phi) is 4.53. The summed E-state index contributed by atoms with van der Waals surface area (Å²) in [5.74, 6) is 0.816. The van der Waals surface area contributed by atoms with Crippen molar-refractivity contribution >= 4 is 29.5 Å². The first-order valence-corrected chi connectivity index (χ1v) is 7.49. The minimum atomic E-state index is -0.514. The molecule has 0 radical (unpaired) electrons. The average Bonchev–Trinajstić information content (AvgIpc) is 2.95. The molecule has 1 aliphatic rings. The summed E-state index contributed by atoms with van der Waals surface area (Å²) < 4.78 is 15.7. The van der Waals surface area contributed by atoms with Crippen LogP contribution in [0.3, 0.4) is 0 Å². The molecule has 0 unspecified atom stereocenters. The number of methoxy groups -OCH3 is 2. The Labute approximate surface area is 144 Å². The summed E-state index contributed by atoms with van der Waals surface area (Å²) in [6, 6.07) is 12.3. The number of carbonyl (C=O) groups is 1. The number of benzene rings is 2. The van der Waals surface area contributed by atoms with Crippen molar-refractivity contribution in [3.8, 4) is 11.5 Å². The third-order valence-corrected chi connectivity index (χ3v) is 3.64. The van der Waals surface area contributed by atoms with E-state index >= 15 is 0 Å². The van der Waals surface area contributed by atoms with Crippen LogP contribution in [0, 0.1) is 0 Å². The monoisotopic (exact) mass is 343 g/mol. The summed E-state index contributed by atoms with van der Waals surface area (Å²) in [6.07, 6.45) is 1.63. The Morgan fingerprint density at radius 2 is 1.88 bits per heavy atom. The van der Waals surface area contributed by atoms with E-state index in [0.29, 0.717) is 22.1 Å². The predicted octanol–water partition coefficient (Wildman–Crippen LogP) is 3.70. The van der Waals surface area contributed by atoms with Crippen molar-refractivity contribution in [3.63, 3.8) is 0 Å². The van der Waals surface area contributed by atoms with Gasteiger partial charge in [-0.25, -0.2) is 9.79 Å². The molecule has 6 heteroatoms. The minimum absolute atomic E-state index is 0.210. The summed E-state index contributed by atoms with van der Waals surface area (Å²) in [4.78, 5) is 16.3. The highest BCUT2D eigenvalue weighted by Gasteiger charge is 2.25. The molecule has 5 nitrogen and oxygen atoms in total. The number of hydrogen-bond acceptors (Lipinski definition) is 5. The van der Waals surface area contributed by atoms with Gasteiger partial charge >= 0.3 is 5.97 Å². The van der Waals surface area contributed by atoms with Crippen LogP contribution in [-0.2, 0) is 9.53 Å². The van der Waals surface area contributed by atoms with E-state index < -0.39 is 5.97 Å². The second-order valence-corrected chi connectivity index (χ2v) is 5.40. The molecule has 0 amide bonds. The highest BCUT2D eigenvalue weighted by molar-refractivity contribution is 6.30. The Hall–Kier alpha value is -2.79. The Morgan fingerprint density at radius 1 is 1.08 bits per heavy atom. The van der Waals surface area contributed by atoms with Gasteiger partial charge in [-0.2, -0.15) is 0 Å². The lowest BCUT2D eigenvalue weighted by Gasteiger charge is -2.08. The van der Waals surface area contributed by atoms with Crippen LogP contribution in [0.5, 0.6) is 11.5 Å². The van der Waals surface area contributed by atoms with Crippen LogP contribution in [0.4, 0.5) is 0 Å². The molecule has 0 aliphatic carbocycles. The van der Waals surface area contributed by atoms with Crippen LogP contribution in [-0.4, -0.2) is 26.1 Å². The van der Waals surface area contributed by atoms with Gasteiger partial charge in [0.15, 0.2) is 17.2 Å². The molecule has 0 spiro atoms. The second kappa shape index (κ2) is 6.76. The number of aliphatic imine (C=N–C) groups is 1. The number of rotatable bonds is 4. The van der Waals surface area contributed by atoms with Crippen LogP contribution in [0.25, 0.3) is 6.08 Å². The lowest BCUT2D eigenvalue weighted by atomic mass is 10.2. The number of ether oxygens (including phenoxy) is 3. The zero-order chi connectivity index (χ0) is 17.1. The molecule has 122 valence electrons. The molecular formula is C18H14ClNO4. The van der Waals surface area contributed by atoms with Crippen LogP contribution in [0.1, 0.15) is 11.1 Å². The molecule has 0 saturated carbocycles. The van der Waals surface area contributed by atoms with Crippen LogP contribution in [0.15, 0.2) is 53.2 Å². The van der Waals surface area contributed by atoms with Crippen molar-refractivity contribution in [1.82, 2.24) is 0 Å². The fourth-order valence-corrected chi connectivity index (χ4v) is 2.45. The lowest BCUT2D eigenvalue weighted by Crippen LogP contribution is -2.05. The van der Waals surface area contributed by atoms with Crippen LogP contribution >= 0.6 is 11.6 Å². The molecule has 0 saturated heterocycles. The van der Waals surface area contributed by atoms with Gasteiger partial charge in [0.2, 0.25) is 5.90 Å². The normalized spacial score (nSPS) is 15.2. The van der Waals surface area contributed by atoms with E-state index in [0.717, 1.165) is 5.56 Å². The number of carbonyl (C=O) groups excluding carboxylic acids is 1. The van der Waals surface area contributed by atoms with Gasteiger partial charge in [-0.15, -0.1) is 0 Å². The third-order valence-electron chi connectivity index (χ3n) is 3.40. The maximum absolute atomic E-state index is 12.0. The van der Waals surface area contributed by atoms with Gasteiger partial charge in [0, 0.05) is 10.6 Å². The standard InChI is InChI=1S/C18H14ClNO4/c1-22-15-7-6-12(10-16(15)23-2)17-20-14(18(21)24-17)9-11-4-3-5-13(19)8-11/h3-10H,1-2H3/b14-9-.